The van der Waals surface area contributed by atoms with Crippen LogP contribution >= 0.6 is 11.8 Å². The lowest BCUT2D eigenvalue weighted by Crippen LogP contribution is -2.38. The molecule has 0 saturated heterocycles. The fourth-order valence-electron chi connectivity index (χ4n) is 6.32. The van der Waals surface area contributed by atoms with Crippen LogP contribution in [0.1, 0.15) is 194 Å². The number of thioether (sulfide) groups is 1. The second-order valence-corrected chi connectivity index (χ2v) is 16.1. The Kier molecular flexibility index (Phi) is 43.4. The van der Waals surface area contributed by atoms with Crippen LogP contribution in [0.15, 0.2) is 24.3 Å². The molecule has 0 fully saturated rings. The molecule has 0 aliphatic rings. The second kappa shape index (κ2) is 44.9. The number of ether oxygens (including phenoxy) is 2. The molecule has 0 unspecified atom stereocenters. The van der Waals surface area contributed by atoms with Gasteiger partial charge in [0.05, 0.1) is 25.4 Å². The van der Waals surface area contributed by atoms with E-state index in [2.05, 4.69) is 43.5 Å². The van der Waals surface area contributed by atoms with Gasteiger partial charge in [-0.05, 0) is 64.2 Å². The van der Waals surface area contributed by atoms with Crippen molar-refractivity contribution >= 4 is 29.6 Å². The summed E-state index contributed by atoms with van der Waals surface area (Å²) < 4.78 is 11.0. The van der Waals surface area contributed by atoms with Crippen LogP contribution in [0.5, 0.6) is 0 Å². The number of unbranched alkanes of at least 4 members (excludes halogenated alkanes) is 22. The van der Waals surface area contributed by atoms with Gasteiger partial charge in [0.15, 0.2) is 0 Å². The molecule has 0 saturated carbocycles. The molecule has 0 aromatic carbocycles. The van der Waals surface area contributed by atoms with Gasteiger partial charge in [0.2, 0.25) is 5.91 Å². The van der Waals surface area contributed by atoms with Crippen molar-refractivity contribution in [3.8, 4) is 0 Å². The van der Waals surface area contributed by atoms with Gasteiger partial charge in [0, 0.05) is 31.7 Å². The van der Waals surface area contributed by atoms with Gasteiger partial charge >= 0.3 is 11.9 Å². The number of carbonyl (C=O) groups excluding carboxylic acids is 3. The Labute approximate surface area is 343 Å². The summed E-state index contributed by atoms with van der Waals surface area (Å²) in [5.74, 6) is 0.539. The molecule has 0 heterocycles. The minimum absolute atomic E-state index is 0.0613. The predicted molar refractivity (Wildman–Crippen MR) is 235 cm³/mol. The third kappa shape index (κ3) is 41.6. The largest absolute Gasteiger partial charge is 0.464 e. The summed E-state index contributed by atoms with van der Waals surface area (Å²) in [4.78, 5) is 39.4. The zero-order valence-electron chi connectivity index (χ0n) is 35.8. The summed E-state index contributed by atoms with van der Waals surface area (Å²) in [5, 5.41) is 12.0. The number of amides is 1. The number of nitrogens with one attached hydrogen (secondary N) is 1. The zero-order chi connectivity index (χ0) is 40.1. The highest BCUT2D eigenvalue weighted by Crippen LogP contribution is 2.12. The number of carbonyl (C=O) groups is 3. The monoisotopic (exact) mass is 795 g/mol. The highest BCUT2D eigenvalue weighted by Gasteiger charge is 2.15. The summed E-state index contributed by atoms with van der Waals surface area (Å²) in [6.07, 6.45) is 41.7. The summed E-state index contributed by atoms with van der Waals surface area (Å²) in [6, 6.07) is 0. The van der Waals surface area contributed by atoms with Gasteiger partial charge in [-0.15, -0.1) is 0 Å². The molecule has 322 valence electrons. The second-order valence-electron chi connectivity index (χ2n) is 15.0. The van der Waals surface area contributed by atoms with Gasteiger partial charge in [-0.25, -0.2) is 0 Å². The molecule has 9 heteroatoms. The highest BCUT2D eigenvalue weighted by molar-refractivity contribution is 7.99. The Morgan fingerprint density at radius 2 is 0.927 bits per heavy atom. The van der Waals surface area contributed by atoms with Crippen molar-refractivity contribution in [3.05, 3.63) is 24.3 Å². The molecule has 0 rings (SSSR count). The van der Waals surface area contributed by atoms with Crippen LogP contribution < -0.4 is 5.32 Å². The zero-order valence-corrected chi connectivity index (χ0v) is 36.6. The number of esters is 2. The molecule has 8 nitrogen and oxygen atoms in total. The Balaban J connectivity index is 4.15. The van der Waals surface area contributed by atoms with Crippen LogP contribution in [0.25, 0.3) is 0 Å². The van der Waals surface area contributed by atoms with E-state index in [9.17, 15) is 14.4 Å². The first-order valence-corrected chi connectivity index (χ1v) is 24.0. The maximum Gasteiger partial charge on any atom is 0.305 e. The minimum Gasteiger partial charge on any atom is -0.464 e. The van der Waals surface area contributed by atoms with Gasteiger partial charge in [-0.2, -0.15) is 11.8 Å². The number of allylic oxidation sites excluding steroid dienone is 4. The van der Waals surface area contributed by atoms with Crippen molar-refractivity contribution in [1.82, 2.24) is 10.2 Å². The van der Waals surface area contributed by atoms with Crippen molar-refractivity contribution in [3.63, 3.8) is 0 Å². The molecule has 1 amide bonds. The standard InChI is InChI=1S/C46H86N2O6S/c1-3-5-7-9-11-13-15-17-19-21-23-25-27-29-31-33-45(51)53-40-37-48(44(50)43-55-42-36-47-35-39-49)38-41-54-46(52)34-32-30-28-26-24-22-20-18-16-14-12-10-8-6-4-2/h17-20,47,49H,3-16,21-43H2,1-2H3/b19-17-,20-18-. The van der Waals surface area contributed by atoms with Crippen LogP contribution in [-0.4, -0.2) is 85.4 Å². The molecule has 0 bridgehead atoms. The quantitative estimate of drug-likeness (QED) is 0.0357. The smallest absolute Gasteiger partial charge is 0.305 e. The molecular weight excluding hydrogens is 709 g/mol. The number of hydrogen-bond donors (Lipinski definition) is 2. The van der Waals surface area contributed by atoms with Crippen LogP contribution in [0.3, 0.4) is 0 Å². The van der Waals surface area contributed by atoms with E-state index in [0.717, 1.165) is 57.1 Å². The Morgan fingerprint density at radius 1 is 0.545 bits per heavy atom. The minimum atomic E-state index is -0.222. The average molecular weight is 795 g/mol. The summed E-state index contributed by atoms with van der Waals surface area (Å²) in [5.41, 5.74) is 0. The lowest BCUT2D eigenvalue weighted by Gasteiger charge is -2.22. The van der Waals surface area contributed by atoms with Crippen LogP contribution in [0.4, 0.5) is 0 Å². The first-order chi connectivity index (χ1) is 27.0. The highest BCUT2D eigenvalue weighted by atomic mass is 32.2. The molecule has 0 radical (unpaired) electrons. The van der Waals surface area contributed by atoms with E-state index in [1.165, 1.54) is 127 Å². The van der Waals surface area contributed by atoms with Gasteiger partial charge in [-0.3, -0.25) is 14.4 Å². The van der Waals surface area contributed by atoms with E-state index < -0.39 is 0 Å². The average Bonchev–Trinajstić information content (AvgIpc) is 3.18. The first-order valence-electron chi connectivity index (χ1n) is 22.8. The molecule has 55 heavy (non-hydrogen) atoms. The molecule has 0 aliphatic carbocycles. The molecular formula is C46H86N2O6S. The van der Waals surface area contributed by atoms with Gasteiger partial charge in [0.25, 0.3) is 0 Å². The third-order valence-corrected chi connectivity index (χ3v) is 10.8. The number of nitrogens with zero attached hydrogens (tertiary/aromatic N) is 1. The maximum absolute atomic E-state index is 13.0. The molecule has 2 N–H and O–H groups in total. The summed E-state index contributed by atoms with van der Waals surface area (Å²) in [6.45, 7) is 6.69. The molecule has 0 atom stereocenters. The maximum atomic E-state index is 13.0. The van der Waals surface area contributed by atoms with Crippen molar-refractivity contribution < 1.29 is 29.0 Å². The SMILES string of the molecule is CCCCCCCC/C=C\CCCCCCCC(=O)OCCN(CCOC(=O)CCCCCCC/C=C\CCCCCCCC)C(=O)CSCCNCCO. The Hall–Kier alpha value is -1.84. The van der Waals surface area contributed by atoms with Crippen LogP contribution in [0.2, 0.25) is 0 Å². The number of aliphatic hydroxyl groups is 1. The summed E-state index contributed by atoms with van der Waals surface area (Å²) in [7, 11) is 0. The van der Waals surface area contributed by atoms with E-state index in [-0.39, 0.29) is 50.8 Å². The molecule has 0 aromatic rings. The third-order valence-electron chi connectivity index (χ3n) is 9.82. The first kappa shape index (κ1) is 53.2. The van der Waals surface area contributed by atoms with Gasteiger partial charge < -0.3 is 24.8 Å². The summed E-state index contributed by atoms with van der Waals surface area (Å²) >= 11 is 1.52. The molecule has 0 spiro atoms. The van der Waals surface area contributed by atoms with Gasteiger partial charge in [0.1, 0.15) is 13.2 Å². The molecule has 0 aliphatic heterocycles. The Bertz CT molecular complexity index is 857. The van der Waals surface area contributed by atoms with E-state index in [1.807, 2.05) is 0 Å². The van der Waals surface area contributed by atoms with Crippen LogP contribution in [-0.2, 0) is 23.9 Å². The number of hydrogen-bond acceptors (Lipinski definition) is 8. The van der Waals surface area contributed by atoms with Gasteiger partial charge in [-0.1, -0.05) is 141 Å². The van der Waals surface area contributed by atoms with E-state index in [4.69, 9.17) is 14.6 Å². The van der Waals surface area contributed by atoms with E-state index >= 15 is 0 Å². The lowest BCUT2D eigenvalue weighted by molar-refractivity contribution is -0.147. The van der Waals surface area contributed by atoms with Crippen molar-refractivity contribution in [1.29, 1.82) is 0 Å². The number of aliphatic hydroxyl groups excluding tert-OH is 1. The normalized spacial score (nSPS) is 11.5. The topological polar surface area (TPSA) is 105 Å². The number of rotatable bonds is 43. The lowest BCUT2D eigenvalue weighted by atomic mass is 10.1. The fraction of sp³-hybridized carbons (Fsp3) is 0.848. The predicted octanol–water partition coefficient (Wildman–Crippen LogP) is 11.3. The van der Waals surface area contributed by atoms with Crippen LogP contribution in [0, 0.1) is 0 Å². The Morgan fingerprint density at radius 3 is 1.33 bits per heavy atom. The van der Waals surface area contributed by atoms with E-state index in [0.29, 0.717) is 31.7 Å². The van der Waals surface area contributed by atoms with Crippen molar-refractivity contribution in [2.45, 2.75) is 194 Å². The molecule has 0 aromatic heterocycles. The van der Waals surface area contributed by atoms with E-state index in [1.54, 1.807) is 4.90 Å². The van der Waals surface area contributed by atoms with Crippen molar-refractivity contribution in [2.24, 2.45) is 0 Å². The fourth-order valence-corrected chi connectivity index (χ4v) is 7.11. The van der Waals surface area contributed by atoms with Crippen molar-refractivity contribution in [2.75, 3.05) is 57.5 Å².